The Hall–Kier alpha value is -1.85. The molecule has 0 bridgehead atoms. The molecule has 19 heavy (non-hydrogen) atoms. The van der Waals surface area contributed by atoms with Crippen LogP contribution in [0.5, 0.6) is 0 Å². The standard InChI is InChI=1S/C13H13ClN4O/c14-8-1-3-9(4-2-8)16-12-10-5-6-15-7-11(10)17-13(19)18-12/h1-4,15H,5-7H2,(H2,16,17,18,19). The van der Waals surface area contributed by atoms with E-state index in [2.05, 4.69) is 20.6 Å². The molecule has 0 aliphatic carbocycles. The van der Waals surface area contributed by atoms with Crippen LogP contribution in [-0.2, 0) is 13.0 Å². The van der Waals surface area contributed by atoms with Gasteiger partial charge in [-0.15, -0.1) is 0 Å². The normalized spacial score (nSPS) is 13.9. The Balaban J connectivity index is 1.98. The molecule has 0 atom stereocenters. The summed E-state index contributed by atoms with van der Waals surface area (Å²) in [5, 5.41) is 7.08. The Kier molecular flexibility index (Phi) is 3.23. The average molecular weight is 277 g/mol. The number of hydrogen-bond donors (Lipinski definition) is 3. The number of hydrogen-bond acceptors (Lipinski definition) is 4. The quantitative estimate of drug-likeness (QED) is 0.782. The number of aromatic nitrogens is 2. The Morgan fingerprint density at radius 2 is 2.05 bits per heavy atom. The molecule has 0 fully saturated rings. The largest absolute Gasteiger partial charge is 0.347 e. The molecule has 6 heteroatoms. The predicted molar refractivity (Wildman–Crippen MR) is 75.0 cm³/mol. The number of nitrogens with one attached hydrogen (secondary N) is 3. The summed E-state index contributed by atoms with van der Waals surface area (Å²) >= 11 is 5.85. The highest BCUT2D eigenvalue weighted by Gasteiger charge is 2.15. The number of halogens is 1. The lowest BCUT2D eigenvalue weighted by molar-refractivity contribution is 0.621. The maximum Gasteiger partial charge on any atom is 0.347 e. The van der Waals surface area contributed by atoms with Gasteiger partial charge in [0.2, 0.25) is 0 Å². The summed E-state index contributed by atoms with van der Waals surface area (Å²) in [7, 11) is 0. The van der Waals surface area contributed by atoms with E-state index in [1.54, 1.807) is 12.1 Å². The van der Waals surface area contributed by atoms with Gasteiger partial charge in [0.15, 0.2) is 0 Å². The summed E-state index contributed by atoms with van der Waals surface area (Å²) in [5.41, 5.74) is 2.50. The van der Waals surface area contributed by atoms with Crippen molar-refractivity contribution in [3.63, 3.8) is 0 Å². The molecule has 0 saturated carbocycles. The molecule has 1 aliphatic heterocycles. The first-order valence-electron chi connectivity index (χ1n) is 6.08. The zero-order chi connectivity index (χ0) is 13.2. The molecule has 1 aromatic heterocycles. The van der Waals surface area contributed by atoms with E-state index in [0.717, 1.165) is 29.9 Å². The summed E-state index contributed by atoms with van der Waals surface area (Å²) in [6.07, 6.45) is 0.842. The second-order valence-corrected chi connectivity index (χ2v) is 4.84. The molecular weight excluding hydrogens is 264 g/mol. The van der Waals surface area contributed by atoms with Crippen molar-refractivity contribution in [2.24, 2.45) is 0 Å². The topological polar surface area (TPSA) is 69.8 Å². The molecule has 0 spiro atoms. The number of rotatable bonds is 2. The maximum atomic E-state index is 11.6. The number of anilines is 2. The van der Waals surface area contributed by atoms with Gasteiger partial charge in [0.25, 0.3) is 0 Å². The minimum absolute atomic E-state index is 0.334. The third-order valence-electron chi connectivity index (χ3n) is 3.08. The number of fused-ring (bicyclic) bond motifs is 1. The van der Waals surface area contributed by atoms with Crippen LogP contribution in [0.25, 0.3) is 0 Å². The van der Waals surface area contributed by atoms with Crippen LogP contribution >= 0.6 is 11.6 Å². The monoisotopic (exact) mass is 276 g/mol. The van der Waals surface area contributed by atoms with Gasteiger partial charge in [-0.1, -0.05) is 11.6 Å². The van der Waals surface area contributed by atoms with Crippen LogP contribution in [0.3, 0.4) is 0 Å². The lowest BCUT2D eigenvalue weighted by atomic mass is 10.1. The molecule has 0 saturated heterocycles. The number of nitrogens with zero attached hydrogens (tertiary/aromatic N) is 1. The van der Waals surface area contributed by atoms with E-state index >= 15 is 0 Å². The summed E-state index contributed by atoms with van der Waals surface area (Å²) < 4.78 is 0. The maximum absolute atomic E-state index is 11.6. The summed E-state index contributed by atoms with van der Waals surface area (Å²) in [4.78, 5) is 18.3. The van der Waals surface area contributed by atoms with Crippen molar-refractivity contribution in [1.29, 1.82) is 0 Å². The van der Waals surface area contributed by atoms with Crippen molar-refractivity contribution >= 4 is 23.1 Å². The van der Waals surface area contributed by atoms with Crippen molar-refractivity contribution < 1.29 is 0 Å². The SMILES string of the molecule is O=c1nc(Nc2ccc(Cl)cc2)c2c([nH]1)CNCC2. The van der Waals surface area contributed by atoms with Gasteiger partial charge in [-0.05, 0) is 37.2 Å². The van der Waals surface area contributed by atoms with Gasteiger partial charge in [0.1, 0.15) is 5.82 Å². The van der Waals surface area contributed by atoms with E-state index in [-0.39, 0.29) is 5.69 Å². The van der Waals surface area contributed by atoms with E-state index in [1.807, 2.05) is 12.1 Å². The van der Waals surface area contributed by atoms with Crippen LogP contribution in [-0.4, -0.2) is 16.5 Å². The minimum Gasteiger partial charge on any atom is -0.340 e. The lowest BCUT2D eigenvalue weighted by Crippen LogP contribution is -2.29. The Labute approximate surface area is 115 Å². The number of H-pyrrole nitrogens is 1. The summed E-state index contributed by atoms with van der Waals surface area (Å²) in [6.45, 7) is 1.55. The van der Waals surface area contributed by atoms with Crippen molar-refractivity contribution in [3.8, 4) is 0 Å². The zero-order valence-electron chi connectivity index (χ0n) is 10.2. The van der Waals surface area contributed by atoms with E-state index in [4.69, 9.17) is 11.6 Å². The number of benzene rings is 1. The lowest BCUT2D eigenvalue weighted by Gasteiger charge is -2.19. The molecule has 1 aromatic carbocycles. The van der Waals surface area contributed by atoms with Gasteiger partial charge in [-0.25, -0.2) is 4.79 Å². The molecule has 2 aromatic rings. The fourth-order valence-corrected chi connectivity index (χ4v) is 2.29. The molecule has 1 aliphatic rings. The highest BCUT2D eigenvalue weighted by molar-refractivity contribution is 6.30. The molecule has 3 N–H and O–H groups in total. The highest BCUT2D eigenvalue weighted by atomic mass is 35.5. The Bertz CT molecular complexity index is 651. The zero-order valence-corrected chi connectivity index (χ0v) is 10.9. The molecule has 0 amide bonds. The fourth-order valence-electron chi connectivity index (χ4n) is 2.16. The first-order chi connectivity index (χ1) is 9.22. The van der Waals surface area contributed by atoms with Crippen LogP contribution in [0.2, 0.25) is 5.02 Å². The molecule has 0 unspecified atom stereocenters. The van der Waals surface area contributed by atoms with Gasteiger partial charge in [-0.2, -0.15) is 4.98 Å². The van der Waals surface area contributed by atoms with Crippen LogP contribution in [0.4, 0.5) is 11.5 Å². The van der Waals surface area contributed by atoms with Crippen LogP contribution < -0.4 is 16.3 Å². The number of aromatic amines is 1. The van der Waals surface area contributed by atoms with Gasteiger partial charge >= 0.3 is 5.69 Å². The average Bonchev–Trinajstić information content (AvgIpc) is 2.41. The molecular formula is C13H13ClN4O. The van der Waals surface area contributed by atoms with E-state index in [0.29, 0.717) is 17.4 Å². The molecule has 3 rings (SSSR count). The molecule has 0 radical (unpaired) electrons. The summed E-state index contributed by atoms with van der Waals surface area (Å²) in [5.74, 6) is 0.627. The molecule has 5 nitrogen and oxygen atoms in total. The van der Waals surface area contributed by atoms with Crippen LogP contribution in [0, 0.1) is 0 Å². The second-order valence-electron chi connectivity index (χ2n) is 4.41. The van der Waals surface area contributed by atoms with Crippen molar-refractivity contribution in [3.05, 3.63) is 51.0 Å². The van der Waals surface area contributed by atoms with Gasteiger partial charge in [0, 0.05) is 28.5 Å². The predicted octanol–water partition coefficient (Wildman–Crippen LogP) is 1.81. The molecule has 2 heterocycles. The Morgan fingerprint density at radius 1 is 1.26 bits per heavy atom. The van der Waals surface area contributed by atoms with Gasteiger partial charge in [-0.3, -0.25) is 0 Å². The van der Waals surface area contributed by atoms with E-state index in [1.165, 1.54) is 0 Å². The smallest absolute Gasteiger partial charge is 0.340 e. The minimum atomic E-state index is -0.334. The van der Waals surface area contributed by atoms with E-state index in [9.17, 15) is 4.79 Å². The van der Waals surface area contributed by atoms with E-state index < -0.39 is 0 Å². The molecule has 98 valence electrons. The third kappa shape index (κ3) is 2.62. The van der Waals surface area contributed by atoms with Crippen molar-refractivity contribution in [1.82, 2.24) is 15.3 Å². The highest BCUT2D eigenvalue weighted by Crippen LogP contribution is 2.22. The van der Waals surface area contributed by atoms with Crippen LogP contribution in [0.1, 0.15) is 11.3 Å². The first kappa shape index (κ1) is 12.2. The van der Waals surface area contributed by atoms with Crippen LogP contribution in [0.15, 0.2) is 29.1 Å². The first-order valence-corrected chi connectivity index (χ1v) is 6.45. The van der Waals surface area contributed by atoms with Crippen molar-refractivity contribution in [2.75, 3.05) is 11.9 Å². The van der Waals surface area contributed by atoms with Gasteiger partial charge < -0.3 is 15.6 Å². The summed E-state index contributed by atoms with van der Waals surface area (Å²) in [6, 6.07) is 7.31. The third-order valence-corrected chi connectivity index (χ3v) is 3.33. The van der Waals surface area contributed by atoms with Crippen molar-refractivity contribution in [2.45, 2.75) is 13.0 Å². The fraction of sp³-hybridized carbons (Fsp3) is 0.231. The Morgan fingerprint density at radius 3 is 2.84 bits per heavy atom. The second kappa shape index (κ2) is 5.03. The van der Waals surface area contributed by atoms with Gasteiger partial charge in [0.05, 0.1) is 0 Å².